The minimum Gasteiger partial charge on any atom is -0.356 e. The third-order valence-electron chi connectivity index (χ3n) is 3.99. The largest absolute Gasteiger partial charge is 0.356 e. The predicted molar refractivity (Wildman–Crippen MR) is 83.0 cm³/mol. The van der Waals surface area contributed by atoms with Crippen LogP contribution in [-0.2, 0) is 16.0 Å². The van der Waals surface area contributed by atoms with Gasteiger partial charge in [-0.25, -0.2) is 0 Å². The van der Waals surface area contributed by atoms with Gasteiger partial charge in [0.15, 0.2) is 5.78 Å². The van der Waals surface area contributed by atoms with Crippen LogP contribution in [0.15, 0.2) is 30.3 Å². The van der Waals surface area contributed by atoms with Crippen LogP contribution in [0.2, 0.25) is 0 Å². The molecule has 1 aliphatic heterocycles. The van der Waals surface area contributed by atoms with Gasteiger partial charge in [-0.2, -0.15) is 0 Å². The number of hydrogen-bond acceptors (Lipinski definition) is 3. The summed E-state index contributed by atoms with van der Waals surface area (Å²) in [5, 5.41) is 2.88. The number of amides is 1. The first-order valence-electron chi connectivity index (χ1n) is 7.66. The lowest BCUT2D eigenvalue weighted by Gasteiger charge is -2.31. The van der Waals surface area contributed by atoms with Crippen molar-refractivity contribution in [1.82, 2.24) is 10.2 Å². The van der Waals surface area contributed by atoms with E-state index < -0.39 is 0 Å². The van der Waals surface area contributed by atoms with Gasteiger partial charge in [-0.1, -0.05) is 30.3 Å². The molecule has 0 aliphatic carbocycles. The summed E-state index contributed by atoms with van der Waals surface area (Å²) in [4.78, 5) is 25.2. The van der Waals surface area contributed by atoms with E-state index in [1.807, 2.05) is 30.3 Å². The molecule has 1 amide bonds. The Balaban J connectivity index is 1.68. The van der Waals surface area contributed by atoms with E-state index in [0.717, 1.165) is 38.0 Å². The molecule has 1 aliphatic rings. The van der Waals surface area contributed by atoms with Crippen molar-refractivity contribution in [1.29, 1.82) is 0 Å². The predicted octanol–water partition coefficient (Wildman–Crippen LogP) is 1.65. The number of carbonyl (C=O) groups is 2. The summed E-state index contributed by atoms with van der Waals surface area (Å²) in [6.45, 7) is 4.76. The van der Waals surface area contributed by atoms with Gasteiger partial charge in [0.1, 0.15) is 0 Å². The summed E-state index contributed by atoms with van der Waals surface area (Å²) < 4.78 is 0. The van der Waals surface area contributed by atoms with Crippen molar-refractivity contribution >= 4 is 11.7 Å². The fourth-order valence-electron chi connectivity index (χ4n) is 2.77. The second kappa shape index (κ2) is 7.93. The second-order valence-electron chi connectivity index (χ2n) is 5.86. The lowest BCUT2D eigenvalue weighted by molar-refractivity contribution is -0.120. The molecule has 1 aromatic rings. The zero-order chi connectivity index (χ0) is 15.1. The van der Waals surface area contributed by atoms with Crippen LogP contribution in [0.25, 0.3) is 0 Å². The number of likely N-dealkylation sites (tertiary alicyclic amines) is 1. The highest BCUT2D eigenvalue weighted by Gasteiger charge is 2.20. The lowest BCUT2D eigenvalue weighted by atomic mass is 9.96. The molecule has 4 nitrogen and oxygen atoms in total. The first-order valence-corrected chi connectivity index (χ1v) is 7.66. The van der Waals surface area contributed by atoms with E-state index in [4.69, 9.17) is 0 Å². The maximum Gasteiger partial charge on any atom is 0.216 e. The Bertz CT molecular complexity index is 465. The quantitative estimate of drug-likeness (QED) is 0.866. The average Bonchev–Trinajstić information content (AvgIpc) is 2.47. The van der Waals surface area contributed by atoms with Gasteiger partial charge in [0.2, 0.25) is 5.91 Å². The molecule has 0 aromatic heterocycles. The number of nitrogens with one attached hydrogen (secondary N) is 1. The number of Topliss-reactive ketones (excluding diaryl/α,β-unsaturated/α-hetero) is 1. The van der Waals surface area contributed by atoms with E-state index >= 15 is 0 Å². The summed E-state index contributed by atoms with van der Waals surface area (Å²) in [7, 11) is 0. The summed E-state index contributed by atoms with van der Waals surface area (Å²) in [6.07, 6.45) is 2.63. The van der Waals surface area contributed by atoms with Crippen molar-refractivity contribution in [2.45, 2.75) is 26.2 Å². The SMILES string of the molecule is CC(=O)NCC1CCN(CC(=O)Cc2ccccc2)CC1. The van der Waals surface area contributed by atoms with Gasteiger partial charge in [0.05, 0.1) is 6.54 Å². The van der Waals surface area contributed by atoms with Gasteiger partial charge < -0.3 is 5.32 Å². The van der Waals surface area contributed by atoms with Gasteiger partial charge in [0, 0.05) is 19.9 Å². The van der Waals surface area contributed by atoms with Crippen LogP contribution in [0.3, 0.4) is 0 Å². The average molecular weight is 288 g/mol. The van der Waals surface area contributed by atoms with Crippen LogP contribution in [-0.4, -0.2) is 42.8 Å². The Labute approximate surface area is 126 Å². The summed E-state index contributed by atoms with van der Waals surface area (Å²) >= 11 is 0. The molecule has 0 radical (unpaired) electrons. The van der Waals surface area contributed by atoms with E-state index in [1.54, 1.807) is 6.92 Å². The van der Waals surface area contributed by atoms with Crippen LogP contribution < -0.4 is 5.32 Å². The molecule has 1 N–H and O–H groups in total. The van der Waals surface area contributed by atoms with Crippen LogP contribution in [0.1, 0.15) is 25.3 Å². The topological polar surface area (TPSA) is 49.4 Å². The van der Waals surface area contributed by atoms with Crippen LogP contribution in [0.5, 0.6) is 0 Å². The Morgan fingerprint density at radius 2 is 1.86 bits per heavy atom. The number of ketones is 1. The minimum atomic E-state index is 0.0375. The van der Waals surface area contributed by atoms with E-state index in [-0.39, 0.29) is 11.7 Å². The first kappa shape index (κ1) is 15.7. The molecular formula is C17H24N2O2. The molecule has 0 bridgehead atoms. The Kier molecular flexibility index (Phi) is 5.93. The minimum absolute atomic E-state index is 0.0375. The highest BCUT2D eigenvalue weighted by atomic mass is 16.1. The number of carbonyl (C=O) groups excluding carboxylic acids is 2. The number of piperidine rings is 1. The fraction of sp³-hybridized carbons (Fsp3) is 0.529. The molecule has 1 saturated heterocycles. The van der Waals surface area contributed by atoms with Crippen molar-refractivity contribution in [2.24, 2.45) is 5.92 Å². The molecule has 1 heterocycles. The molecule has 0 atom stereocenters. The van der Waals surface area contributed by atoms with Crippen LogP contribution in [0, 0.1) is 5.92 Å². The Morgan fingerprint density at radius 3 is 2.48 bits per heavy atom. The van der Waals surface area contributed by atoms with E-state index in [1.165, 1.54) is 0 Å². The number of benzene rings is 1. The van der Waals surface area contributed by atoms with Gasteiger partial charge in [-0.15, -0.1) is 0 Å². The fourth-order valence-corrected chi connectivity index (χ4v) is 2.77. The third kappa shape index (κ3) is 5.68. The molecule has 21 heavy (non-hydrogen) atoms. The monoisotopic (exact) mass is 288 g/mol. The van der Waals surface area contributed by atoms with Crippen molar-refractivity contribution < 1.29 is 9.59 Å². The van der Waals surface area contributed by atoms with E-state index in [9.17, 15) is 9.59 Å². The molecule has 1 aromatic carbocycles. The van der Waals surface area contributed by atoms with Crippen molar-refractivity contribution in [3.05, 3.63) is 35.9 Å². The van der Waals surface area contributed by atoms with Crippen LogP contribution in [0.4, 0.5) is 0 Å². The first-order chi connectivity index (χ1) is 10.1. The van der Waals surface area contributed by atoms with Crippen LogP contribution >= 0.6 is 0 Å². The Hall–Kier alpha value is -1.68. The highest BCUT2D eigenvalue weighted by molar-refractivity contribution is 5.82. The zero-order valence-corrected chi connectivity index (χ0v) is 12.7. The summed E-state index contributed by atoms with van der Waals surface area (Å²) in [5.41, 5.74) is 1.09. The molecule has 2 rings (SSSR count). The summed E-state index contributed by atoms with van der Waals surface area (Å²) in [6, 6.07) is 9.90. The number of hydrogen-bond donors (Lipinski definition) is 1. The van der Waals surface area contributed by atoms with Crippen molar-refractivity contribution in [2.75, 3.05) is 26.2 Å². The van der Waals surface area contributed by atoms with Crippen molar-refractivity contribution in [3.8, 4) is 0 Å². The summed E-state index contributed by atoms with van der Waals surface area (Å²) in [5.74, 6) is 0.867. The molecule has 4 heteroatoms. The molecule has 0 saturated carbocycles. The van der Waals surface area contributed by atoms with Gasteiger partial charge in [0.25, 0.3) is 0 Å². The van der Waals surface area contributed by atoms with Gasteiger partial charge in [-0.05, 0) is 37.4 Å². The molecule has 1 fully saturated rings. The van der Waals surface area contributed by atoms with E-state index in [0.29, 0.717) is 18.9 Å². The maximum absolute atomic E-state index is 12.1. The molecule has 0 unspecified atom stereocenters. The lowest BCUT2D eigenvalue weighted by Crippen LogP contribution is -2.40. The third-order valence-corrected chi connectivity index (χ3v) is 3.99. The standard InChI is InChI=1S/C17H24N2O2/c1-14(20)18-12-16-7-9-19(10-8-16)13-17(21)11-15-5-3-2-4-6-15/h2-6,16H,7-13H2,1H3,(H,18,20). The second-order valence-corrected chi connectivity index (χ2v) is 5.86. The normalized spacial score (nSPS) is 16.6. The smallest absolute Gasteiger partial charge is 0.216 e. The molecule has 0 spiro atoms. The van der Waals surface area contributed by atoms with Crippen molar-refractivity contribution in [3.63, 3.8) is 0 Å². The molecular weight excluding hydrogens is 264 g/mol. The molecule has 114 valence electrons. The van der Waals surface area contributed by atoms with Gasteiger partial charge in [-0.3, -0.25) is 14.5 Å². The Morgan fingerprint density at radius 1 is 1.19 bits per heavy atom. The van der Waals surface area contributed by atoms with E-state index in [2.05, 4.69) is 10.2 Å². The zero-order valence-electron chi connectivity index (χ0n) is 12.7. The van der Waals surface area contributed by atoms with Gasteiger partial charge >= 0.3 is 0 Å². The highest BCUT2D eigenvalue weighted by Crippen LogP contribution is 2.16. The number of rotatable bonds is 6. The number of nitrogens with zero attached hydrogens (tertiary/aromatic N) is 1. The maximum atomic E-state index is 12.1.